The second kappa shape index (κ2) is 6.89. The van der Waals surface area contributed by atoms with Gasteiger partial charge >= 0.3 is 0 Å². The Bertz CT molecular complexity index is 1140. The molecule has 3 aromatic rings. The molecule has 1 aliphatic carbocycles. The molecule has 1 N–H and O–H groups in total. The number of carbonyl (C=O) groups excluding carboxylic acids is 1. The third-order valence-electron chi connectivity index (χ3n) is 5.97. The van der Waals surface area contributed by atoms with Crippen molar-refractivity contribution in [1.82, 2.24) is 5.16 Å². The van der Waals surface area contributed by atoms with Crippen molar-refractivity contribution in [3.05, 3.63) is 92.8 Å². The number of carbonyl (C=O) groups is 1. The Morgan fingerprint density at radius 2 is 1.86 bits per heavy atom. The molecule has 1 aromatic heterocycles. The number of hydrogen-bond acceptors (Lipinski definition) is 4. The Morgan fingerprint density at radius 3 is 2.62 bits per heavy atom. The van der Waals surface area contributed by atoms with E-state index in [9.17, 15) is 4.79 Å². The molecule has 0 radical (unpaired) electrons. The van der Waals surface area contributed by atoms with Crippen LogP contribution in [0.1, 0.15) is 52.6 Å². The van der Waals surface area contributed by atoms with E-state index in [1.807, 2.05) is 37.3 Å². The molecule has 2 atom stereocenters. The first kappa shape index (κ1) is 18.2. The van der Waals surface area contributed by atoms with Gasteiger partial charge in [0.25, 0.3) is 0 Å². The topological polar surface area (TPSA) is 55.1 Å². The number of fused-ring (bicyclic) bond motifs is 1. The second-order valence-corrected chi connectivity index (χ2v) is 8.39. The number of ketones is 1. The smallest absolute Gasteiger partial charge is 0.233 e. The van der Waals surface area contributed by atoms with Crippen LogP contribution in [0.5, 0.6) is 0 Å². The molecule has 2 heterocycles. The molecule has 2 aromatic carbocycles. The average Bonchev–Trinajstić information content (AvgIpc) is 3.07. The summed E-state index contributed by atoms with van der Waals surface area (Å²) in [5.74, 6) is 0.801. The number of halogens is 1. The molecule has 0 amide bonds. The molecular formula is C24H21ClN2O2. The lowest BCUT2D eigenvalue weighted by Gasteiger charge is -2.34. The van der Waals surface area contributed by atoms with Gasteiger partial charge < -0.3 is 9.84 Å². The number of benzene rings is 2. The largest absolute Gasteiger partial charge is 0.338 e. The van der Waals surface area contributed by atoms with Crippen LogP contribution in [0, 0.1) is 13.8 Å². The van der Waals surface area contributed by atoms with Crippen molar-refractivity contribution in [3.63, 3.8) is 0 Å². The zero-order valence-corrected chi connectivity index (χ0v) is 17.1. The quantitative estimate of drug-likeness (QED) is 0.577. The summed E-state index contributed by atoms with van der Waals surface area (Å²) in [4.78, 5) is 13.4. The highest BCUT2D eigenvalue weighted by molar-refractivity contribution is 6.30. The van der Waals surface area contributed by atoms with E-state index in [1.54, 1.807) is 0 Å². The molecule has 29 heavy (non-hydrogen) atoms. The third-order valence-corrected chi connectivity index (χ3v) is 6.23. The van der Waals surface area contributed by atoms with Crippen molar-refractivity contribution >= 4 is 23.3 Å². The van der Waals surface area contributed by atoms with Crippen LogP contribution in [0.2, 0.25) is 5.02 Å². The number of nitrogens with zero attached hydrogens (tertiary/aromatic N) is 1. The maximum absolute atomic E-state index is 13.4. The molecule has 5 rings (SSSR count). The molecule has 0 saturated carbocycles. The van der Waals surface area contributed by atoms with Gasteiger partial charge in [-0.2, -0.15) is 0 Å². The van der Waals surface area contributed by atoms with Crippen molar-refractivity contribution in [2.24, 2.45) is 0 Å². The van der Waals surface area contributed by atoms with Gasteiger partial charge in [0.15, 0.2) is 5.78 Å². The van der Waals surface area contributed by atoms with Gasteiger partial charge in [-0.1, -0.05) is 58.7 Å². The molecule has 0 saturated heterocycles. The predicted octanol–water partition coefficient (Wildman–Crippen LogP) is 5.90. The Labute approximate surface area is 174 Å². The summed E-state index contributed by atoms with van der Waals surface area (Å²) in [6.07, 6.45) is 1.24. The van der Waals surface area contributed by atoms with Crippen LogP contribution in [0.25, 0.3) is 0 Å². The van der Waals surface area contributed by atoms with Crippen molar-refractivity contribution < 1.29 is 9.32 Å². The summed E-state index contributed by atoms with van der Waals surface area (Å²) in [6.45, 7) is 4.00. The van der Waals surface area contributed by atoms with E-state index in [0.717, 1.165) is 40.1 Å². The normalized spacial score (nSPS) is 20.9. The Balaban J connectivity index is 1.62. The Morgan fingerprint density at radius 1 is 1.07 bits per heavy atom. The van der Waals surface area contributed by atoms with E-state index >= 15 is 0 Å². The molecule has 0 unspecified atom stereocenters. The van der Waals surface area contributed by atoms with Crippen molar-refractivity contribution in [2.75, 3.05) is 5.32 Å². The van der Waals surface area contributed by atoms with Crippen LogP contribution in [0.3, 0.4) is 0 Å². The lowest BCUT2D eigenvalue weighted by atomic mass is 9.72. The van der Waals surface area contributed by atoms with Crippen LogP contribution in [0.4, 0.5) is 5.88 Å². The minimum Gasteiger partial charge on any atom is -0.338 e. The first-order valence-corrected chi connectivity index (χ1v) is 10.2. The molecule has 0 bridgehead atoms. The molecule has 4 nitrogen and oxygen atoms in total. The molecule has 0 fully saturated rings. The minimum absolute atomic E-state index is 0.120. The number of allylic oxidation sites excluding steroid dienone is 2. The minimum atomic E-state index is -0.147. The van der Waals surface area contributed by atoms with Gasteiger partial charge in [0.2, 0.25) is 5.88 Å². The number of anilines is 1. The van der Waals surface area contributed by atoms with Gasteiger partial charge in [-0.05, 0) is 49.4 Å². The average molecular weight is 405 g/mol. The predicted molar refractivity (Wildman–Crippen MR) is 113 cm³/mol. The summed E-state index contributed by atoms with van der Waals surface area (Å²) in [5, 5.41) is 8.26. The fraction of sp³-hybridized carbons (Fsp3) is 0.250. The van der Waals surface area contributed by atoms with Crippen LogP contribution >= 0.6 is 11.6 Å². The summed E-state index contributed by atoms with van der Waals surface area (Å²) < 4.78 is 5.59. The maximum Gasteiger partial charge on any atom is 0.233 e. The summed E-state index contributed by atoms with van der Waals surface area (Å²) in [5.41, 5.74) is 6.97. The molecule has 0 spiro atoms. The molecule has 2 aliphatic rings. The fourth-order valence-electron chi connectivity index (χ4n) is 4.63. The Hall–Kier alpha value is -2.85. The van der Waals surface area contributed by atoms with Crippen LogP contribution in [-0.4, -0.2) is 10.9 Å². The highest BCUT2D eigenvalue weighted by Gasteiger charge is 2.41. The lowest BCUT2D eigenvalue weighted by Crippen LogP contribution is -2.29. The number of aromatic nitrogens is 1. The van der Waals surface area contributed by atoms with Gasteiger partial charge in [0, 0.05) is 28.6 Å². The van der Waals surface area contributed by atoms with E-state index in [4.69, 9.17) is 16.1 Å². The van der Waals surface area contributed by atoms with E-state index in [2.05, 4.69) is 35.6 Å². The fourth-order valence-corrected chi connectivity index (χ4v) is 4.75. The number of Topliss-reactive ketones (excluding diaryl/α,β-unsaturated/α-hetero) is 1. The summed E-state index contributed by atoms with van der Waals surface area (Å²) in [6, 6.07) is 16.1. The van der Waals surface area contributed by atoms with Crippen LogP contribution in [0.15, 0.2) is 64.3 Å². The first-order chi connectivity index (χ1) is 14.0. The van der Waals surface area contributed by atoms with Gasteiger partial charge in [0.1, 0.15) is 0 Å². The standard InChI is InChI=1S/C24H21ClN2O2/c1-13-4-3-5-16(10-13)22-21-14(2)27-29-24(21)26-19-11-17(12-20(28)23(19)22)15-6-8-18(25)9-7-15/h3-10,17,22,26H,11-12H2,1-2H3/t17-,22+/m0/s1. The monoisotopic (exact) mass is 404 g/mol. The molecule has 146 valence electrons. The number of aryl methyl sites for hydroxylation is 2. The highest BCUT2D eigenvalue weighted by Crippen LogP contribution is 2.49. The number of hydrogen-bond donors (Lipinski definition) is 1. The lowest BCUT2D eigenvalue weighted by molar-refractivity contribution is -0.116. The zero-order valence-electron chi connectivity index (χ0n) is 16.3. The first-order valence-electron chi connectivity index (χ1n) is 9.82. The molecule has 5 heteroatoms. The number of rotatable bonds is 2. The zero-order chi connectivity index (χ0) is 20.1. The summed E-state index contributed by atoms with van der Waals surface area (Å²) in [7, 11) is 0. The maximum atomic E-state index is 13.4. The number of nitrogens with one attached hydrogen (secondary N) is 1. The highest BCUT2D eigenvalue weighted by atomic mass is 35.5. The Kier molecular flexibility index (Phi) is 4.32. The molecule has 1 aliphatic heterocycles. The molecular weight excluding hydrogens is 384 g/mol. The van der Waals surface area contributed by atoms with Crippen molar-refractivity contribution in [2.45, 2.75) is 38.5 Å². The van der Waals surface area contributed by atoms with Gasteiger partial charge in [-0.15, -0.1) is 0 Å². The van der Waals surface area contributed by atoms with Gasteiger partial charge in [0.05, 0.1) is 11.3 Å². The van der Waals surface area contributed by atoms with E-state index in [1.165, 1.54) is 5.56 Å². The second-order valence-electron chi connectivity index (χ2n) is 7.96. The van der Waals surface area contributed by atoms with Crippen LogP contribution in [-0.2, 0) is 4.79 Å². The van der Waals surface area contributed by atoms with E-state index in [0.29, 0.717) is 17.3 Å². The van der Waals surface area contributed by atoms with Gasteiger partial charge in [-0.3, -0.25) is 4.79 Å². The van der Waals surface area contributed by atoms with Crippen molar-refractivity contribution in [1.29, 1.82) is 0 Å². The third kappa shape index (κ3) is 3.08. The van der Waals surface area contributed by atoms with Gasteiger partial charge in [-0.25, -0.2) is 0 Å². The SMILES string of the molecule is Cc1cccc([C@H]2C3=C(C[C@H](c4ccc(Cl)cc4)CC3=O)Nc3onc(C)c32)c1. The van der Waals surface area contributed by atoms with E-state index in [-0.39, 0.29) is 17.6 Å². The van der Waals surface area contributed by atoms with E-state index < -0.39 is 0 Å². The van der Waals surface area contributed by atoms with Crippen molar-refractivity contribution in [3.8, 4) is 0 Å². The summed E-state index contributed by atoms with van der Waals surface area (Å²) >= 11 is 6.04. The van der Waals surface area contributed by atoms with Crippen LogP contribution < -0.4 is 5.32 Å².